The summed E-state index contributed by atoms with van der Waals surface area (Å²) < 4.78 is 0. The number of likely N-dealkylation sites (tertiary alicyclic amines) is 1. The highest BCUT2D eigenvalue weighted by atomic mass is 15.2. The molecule has 0 aromatic carbocycles. The Labute approximate surface area is 80.7 Å². The van der Waals surface area contributed by atoms with Crippen molar-refractivity contribution in [3.8, 4) is 0 Å². The Morgan fingerprint density at radius 1 is 1.23 bits per heavy atom. The summed E-state index contributed by atoms with van der Waals surface area (Å²) >= 11 is 0. The maximum atomic E-state index is 3.86. The van der Waals surface area contributed by atoms with Crippen LogP contribution in [0.3, 0.4) is 0 Å². The topological polar surface area (TPSA) is 15.3 Å². The third kappa shape index (κ3) is 1.40. The largest absolute Gasteiger partial charge is 0.310 e. The fourth-order valence-corrected chi connectivity index (χ4v) is 3.44. The minimum Gasteiger partial charge on any atom is -0.310 e. The second-order valence-corrected chi connectivity index (χ2v) is 5.35. The van der Waals surface area contributed by atoms with Crippen LogP contribution in [0.2, 0.25) is 0 Å². The van der Waals surface area contributed by atoms with E-state index < -0.39 is 0 Å². The molecule has 13 heavy (non-hydrogen) atoms. The van der Waals surface area contributed by atoms with Gasteiger partial charge in [0.25, 0.3) is 0 Å². The molecule has 0 spiro atoms. The molecule has 74 valence electrons. The van der Waals surface area contributed by atoms with Crippen molar-refractivity contribution in [3.05, 3.63) is 0 Å². The fourth-order valence-electron chi connectivity index (χ4n) is 3.44. The Balaban J connectivity index is 1.52. The zero-order valence-electron chi connectivity index (χ0n) is 8.50. The number of nitrogens with one attached hydrogen (secondary N) is 1. The fraction of sp³-hybridized carbons (Fsp3) is 1.00. The van der Waals surface area contributed by atoms with E-state index in [9.17, 15) is 0 Å². The molecule has 1 heterocycles. The first-order valence-corrected chi connectivity index (χ1v) is 5.76. The molecule has 4 aliphatic rings. The van der Waals surface area contributed by atoms with Crippen LogP contribution in [0.15, 0.2) is 0 Å². The molecule has 0 aromatic heterocycles. The van der Waals surface area contributed by atoms with Crippen LogP contribution in [0, 0.1) is 11.8 Å². The van der Waals surface area contributed by atoms with E-state index in [4.69, 9.17) is 0 Å². The van der Waals surface area contributed by atoms with Gasteiger partial charge in [-0.3, -0.25) is 0 Å². The second kappa shape index (κ2) is 2.96. The van der Waals surface area contributed by atoms with Crippen LogP contribution in [0.25, 0.3) is 0 Å². The normalized spacial score (nSPS) is 49.6. The Morgan fingerprint density at radius 2 is 2.08 bits per heavy atom. The summed E-state index contributed by atoms with van der Waals surface area (Å²) in [5.41, 5.74) is 0. The van der Waals surface area contributed by atoms with E-state index in [0.717, 1.165) is 23.9 Å². The van der Waals surface area contributed by atoms with Crippen molar-refractivity contribution in [2.75, 3.05) is 20.1 Å². The number of likely N-dealkylation sites (N-methyl/N-ethyl adjacent to an activating group) is 1. The second-order valence-electron chi connectivity index (χ2n) is 5.35. The maximum absolute atomic E-state index is 3.86. The number of hydrogen-bond donors (Lipinski definition) is 1. The summed E-state index contributed by atoms with van der Waals surface area (Å²) in [6, 6.07) is 1.69. The minimum atomic E-state index is 0.800. The number of hydrogen-bond acceptors (Lipinski definition) is 2. The molecular weight excluding hydrogens is 160 g/mol. The lowest BCUT2D eigenvalue weighted by molar-refractivity contribution is 0.273. The molecule has 1 aliphatic heterocycles. The van der Waals surface area contributed by atoms with Gasteiger partial charge in [-0.25, -0.2) is 0 Å². The van der Waals surface area contributed by atoms with E-state index in [1.54, 1.807) is 0 Å². The van der Waals surface area contributed by atoms with Gasteiger partial charge in [0.15, 0.2) is 0 Å². The summed E-state index contributed by atoms with van der Waals surface area (Å²) in [7, 11) is 2.23. The lowest BCUT2D eigenvalue weighted by Crippen LogP contribution is -2.40. The first-order valence-electron chi connectivity index (χ1n) is 5.76. The molecule has 0 amide bonds. The first-order chi connectivity index (χ1) is 6.31. The zero-order valence-corrected chi connectivity index (χ0v) is 8.50. The maximum Gasteiger partial charge on any atom is 0.0209 e. The summed E-state index contributed by atoms with van der Waals surface area (Å²) in [5.74, 6) is 2.15. The summed E-state index contributed by atoms with van der Waals surface area (Å²) in [5, 5.41) is 3.86. The molecule has 2 atom stereocenters. The van der Waals surface area contributed by atoms with Gasteiger partial charge in [0.1, 0.15) is 0 Å². The van der Waals surface area contributed by atoms with Crippen LogP contribution < -0.4 is 5.32 Å². The van der Waals surface area contributed by atoms with Gasteiger partial charge in [-0.05, 0) is 51.1 Å². The van der Waals surface area contributed by atoms with Crippen molar-refractivity contribution in [2.24, 2.45) is 11.8 Å². The van der Waals surface area contributed by atoms with Crippen molar-refractivity contribution in [2.45, 2.75) is 37.8 Å². The first kappa shape index (κ1) is 8.25. The van der Waals surface area contributed by atoms with Gasteiger partial charge in [-0.1, -0.05) is 0 Å². The van der Waals surface area contributed by atoms with Crippen molar-refractivity contribution < 1.29 is 0 Å². The summed E-state index contributed by atoms with van der Waals surface area (Å²) in [6.45, 7) is 2.56. The van der Waals surface area contributed by atoms with E-state index in [0.29, 0.717) is 0 Å². The van der Waals surface area contributed by atoms with Crippen LogP contribution in [0.4, 0.5) is 0 Å². The molecule has 4 fully saturated rings. The SMILES string of the molecule is CN1CCC(NC2CC3CC2C3)C1. The highest BCUT2D eigenvalue weighted by Crippen LogP contribution is 2.48. The average molecular weight is 180 g/mol. The minimum absolute atomic E-state index is 0.800. The zero-order chi connectivity index (χ0) is 8.84. The smallest absolute Gasteiger partial charge is 0.0209 e. The molecule has 0 radical (unpaired) electrons. The standard InChI is InChI=1S/C11H20N2/c1-13-3-2-10(7-13)12-11-6-8-4-9(11)5-8/h8-12H,2-7H2,1H3. The third-order valence-corrected chi connectivity index (χ3v) is 4.27. The quantitative estimate of drug-likeness (QED) is 0.684. The molecule has 1 N–H and O–H groups in total. The Morgan fingerprint density at radius 3 is 2.62 bits per heavy atom. The highest BCUT2D eigenvalue weighted by Gasteiger charge is 2.44. The van der Waals surface area contributed by atoms with Crippen LogP contribution in [-0.2, 0) is 0 Å². The number of rotatable bonds is 2. The van der Waals surface area contributed by atoms with Crippen molar-refractivity contribution >= 4 is 0 Å². The van der Waals surface area contributed by atoms with Gasteiger partial charge >= 0.3 is 0 Å². The van der Waals surface area contributed by atoms with Crippen LogP contribution in [0.5, 0.6) is 0 Å². The lowest BCUT2D eigenvalue weighted by atomic mass is 9.84. The third-order valence-electron chi connectivity index (χ3n) is 4.27. The van der Waals surface area contributed by atoms with Crippen molar-refractivity contribution in [1.29, 1.82) is 0 Å². The molecule has 2 nitrogen and oxygen atoms in total. The van der Waals surface area contributed by atoms with E-state index >= 15 is 0 Å². The van der Waals surface area contributed by atoms with Gasteiger partial charge in [-0.2, -0.15) is 0 Å². The molecular formula is C11H20N2. The van der Waals surface area contributed by atoms with Gasteiger partial charge in [0.05, 0.1) is 0 Å². The predicted octanol–water partition coefficient (Wildman–Crippen LogP) is 1.08. The summed E-state index contributed by atoms with van der Waals surface area (Å²) in [4.78, 5) is 2.44. The Kier molecular flexibility index (Phi) is 1.88. The van der Waals surface area contributed by atoms with Gasteiger partial charge in [0, 0.05) is 18.6 Å². The van der Waals surface area contributed by atoms with Crippen molar-refractivity contribution in [1.82, 2.24) is 10.2 Å². The van der Waals surface area contributed by atoms with Gasteiger partial charge in [-0.15, -0.1) is 0 Å². The van der Waals surface area contributed by atoms with Crippen LogP contribution >= 0.6 is 0 Å². The predicted molar refractivity (Wildman–Crippen MR) is 53.7 cm³/mol. The van der Waals surface area contributed by atoms with Gasteiger partial charge in [0.2, 0.25) is 0 Å². The molecule has 0 aromatic rings. The Hall–Kier alpha value is -0.0800. The molecule has 3 aliphatic carbocycles. The molecule has 2 heteroatoms. The van der Waals surface area contributed by atoms with Crippen molar-refractivity contribution in [3.63, 3.8) is 0 Å². The van der Waals surface area contributed by atoms with Crippen LogP contribution in [0.1, 0.15) is 25.7 Å². The van der Waals surface area contributed by atoms with E-state index in [1.807, 2.05) is 0 Å². The molecule has 1 saturated heterocycles. The lowest BCUT2D eigenvalue weighted by Gasteiger charge is -2.26. The molecule has 2 unspecified atom stereocenters. The van der Waals surface area contributed by atoms with E-state index in [1.165, 1.54) is 38.8 Å². The number of nitrogens with zero attached hydrogens (tertiary/aromatic N) is 1. The monoisotopic (exact) mass is 180 g/mol. The molecule has 2 bridgehead atoms. The Bertz CT molecular complexity index is 198. The molecule has 4 rings (SSSR count). The average Bonchev–Trinajstić information content (AvgIpc) is 2.63. The summed E-state index contributed by atoms with van der Waals surface area (Å²) in [6.07, 6.45) is 5.90. The highest BCUT2D eigenvalue weighted by molar-refractivity contribution is 5.00. The van der Waals surface area contributed by atoms with E-state index in [2.05, 4.69) is 17.3 Å². The van der Waals surface area contributed by atoms with Crippen LogP contribution in [-0.4, -0.2) is 37.1 Å². The number of fused-ring (bicyclic) bond motifs is 1. The van der Waals surface area contributed by atoms with Gasteiger partial charge < -0.3 is 10.2 Å². The van der Waals surface area contributed by atoms with E-state index in [-0.39, 0.29) is 0 Å². The molecule has 3 saturated carbocycles.